The third-order valence-electron chi connectivity index (χ3n) is 3.56. The fourth-order valence-electron chi connectivity index (χ4n) is 2.24. The van der Waals surface area contributed by atoms with Crippen LogP contribution in [0.4, 0.5) is 10.5 Å². The molecule has 0 unspecified atom stereocenters. The fourth-order valence-corrected chi connectivity index (χ4v) is 2.77. The predicted octanol–water partition coefficient (Wildman–Crippen LogP) is 3.35. The van der Waals surface area contributed by atoms with Gasteiger partial charge in [-0.1, -0.05) is 35.1 Å². The highest BCUT2D eigenvalue weighted by Gasteiger charge is 2.21. The first-order valence-corrected chi connectivity index (χ1v) is 7.83. The van der Waals surface area contributed by atoms with Crippen molar-refractivity contribution in [1.29, 1.82) is 0 Å². The summed E-state index contributed by atoms with van der Waals surface area (Å²) in [5.41, 5.74) is 7.03. The Bertz CT molecular complexity index is 527. The van der Waals surface area contributed by atoms with Gasteiger partial charge in [-0.25, -0.2) is 4.79 Å². The van der Waals surface area contributed by atoms with Crippen molar-refractivity contribution in [3.63, 3.8) is 0 Å². The molecule has 0 aromatic heterocycles. The molecule has 1 aromatic rings. The van der Waals surface area contributed by atoms with Crippen molar-refractivity contribution >= 4 is 44.9 Å². The molecule has 20 heavy (non-hydrogen) atoms. The van der Waals surface area contributed by atoms with Crippen molar-refractivity contribution in [3.05, 3.63) is 28.2 Å². The predicted molar refractivity (Wildman–Crippen MR) is 89.0 cm³/mol. The summed E-state index contributed by atoms with van der Waals surface area (Å²) in [6, 6.07) is 5.39. The first kappa shape index (κ1) is 15.3. The molecular formula is C14H18BrN3OS. The van der Waals surface area contributed by atoms with Crippen molar-refractivity contribution in [1.82, 2.24) is 4.90 Å². The Hall–Kier alpha value is -1.14. The van der Waals surface area contributed by atoms with Gasteiger partial charge in [0, 0.05) is 23.1 Å². The van der Waals surface area contributed by atoms with Crippen molar-refractivity contribution in [2.24, 2.45) is 11.7 Å². The zero-order valence-electron chi connectivity index (χ0n) is 11.4. The quantitative estimate of drug-likeness (QED) is 0.799. The summed E-state index contributed by atoms with van der Waals surface area (Å²) in [6.45, 7) is 3.81. The summed E-state index contributed by atoms with van der Waals surface area (Å²) in [5, 5.41) is 2.90. The lowest BCUT2D eigenvalue weighted by molar-refractivity contribution is 0.186. The van der Waals surface area contributed by atoms with E-state index in [4.69, 9.17) is 18.0 Å². The van der Waals surface area contributed by atoms with Gasteiger partial charge in [0.25, 0.3) is 0 Å². The minimum atomic E-state index is -0.0864. The number of rotatable bonds is 2. The van der Waals surface area contributed by atoms with Gasteiger partial charge in [0.1, 0.15) is 4.99 Å². The van der Waals surface area contributed by atoms with Crippen LogP contribution in [0.25, 0.3) is 0 Å². The number of thiocarbonyl (C=S) groups is 1. The van der Waals surface area contributed by atoms with Crippen LogP contribution in [0.3, 0.4) is 0 Å². The summed E-state index contributed by atoms with van der Waals surface area (Å²) in [7, 11) is 0. The number of halogens is 1. The van der Waals surface area contributed by atoms with Crippen molar-refractivity contribution in [3.8, 4) is 0 Å². The topological polar surface area (TPSA) is 58.4 Å². The molecule has 4 nitrogen and oxygen atoms in total. The van der Waals surface area contributed by atoms with E-state index in [0.29, 0.717) is 17.2 Å². The molecular weight excluding hydrogens is 338 g/mol. The number of carbonyl (C=O) groups excluding carboxylic acids is 1. The number of amides is 2. The van der Waals surface area contributed by atoms with Gasteiger partial charge in [0.15, 0.2) is 0 Å². The largest absolute Gasteiger partial charge is 0.389 e. The van der Waals surface area contributed by atoms with Crippen LogP contribution in [0.2, 0.25) is 0 Å². The number of urea groups is 1. The summed E-state index contributed by atoms with van der Waals surface area (Å²) < 4.78 is 0.880. The van der Waals surface area contributed by atoms with Gasteiger partial charge in [0.05, 0.1) is 5.69 Å². The van der Waals surface area contributed by atoms with Crippen LogP contribution in [0.1, 0.15) is 25.3 Å². The zero-order chi connectivity index (χ0) is 14.7. The first-order valence-electron chi connectivity index (χ1n) is 6.62. The molecule has 3 N–H and O–H groups in total. The van der Waals surface area contributed by atoms with Crippen LogP contribution in [0.15, 0.2) is 22.7 Å². The number of nitrogens with two attached hydrogens (primary N) is 1. The van der Waals surface area contributed by atoms with Gasteiger partial charge >= 0.3 is 6.03 Å². The zero-order valence-corrected chi connectivity index (χ0v) is 13.8. The molecule has 0 spiro atoms. The second kappa shape index (κ2) is 6.54. The number of hydrogen-bond donors (Lipinski definition) is 2. The summed E-state index contributed by atoms with van der Waals surface area (Å²) in [4.78, 5) is 14.4. The maximum Gasteiger partial charge on any atom is 0.321 e. The number of nitrogens with one attached hydrogen (secondary N) is 1. The van der Waals surface area contributed by atoms with E-state index in [0.717, 1.165) is 30.4 Å². The molecule has 1 heterocycles. The van der Waals surface area contributed by atoms with E-state index in [2.05, 4.69) is 28.2 Å². The van der Waals surface area contributed by atoms with Crippen molar-refractivity contribution in [2.75, 3.05) is 18.4 Å². The molecule has 0 atom stereocenters. The molecule has 0 saturated carbocycles. The average Bonchev–Trinajstić information content (AvgIpc) is 2.41. The number of anilines is 1. The van der Waals surface area contributed by atoms with E-state index in [-0.39, 0.29) is 11.0 Å². The van der Waals surface area contributed by atoms with E-state index >= 15 is 0 Å². The number of benzene rings is 1. The Morgan fingerprint density at radius 1 is 1.45 bits per heavy atom. The Morgan fingerprint density at radius 3 is 2.70 bits per heavy atom. The molecule has 108 valence electrons. The lowest BCUT2D eigenvalue weighted by Gasteiger charge is -2.30. The minimum Gasteiger partial charge on any atom is -0.389 e. The number of nitrogens with zero attached hydrogens (tertiary/aromatic N) is 1. The SMILES string of the molecule is CC1CCN(C(=O)Nc2ccc(Br)cc2C(N)=S)CC1. The first-order chi connectivity index (χ1) is 9.47. The highest BCUT2D eigenvalue weighted by Crippen LogP contribution is 2.22. The Morgan fingerprint density at radius 2 is 2.10 bits per heavy atom. The fraction of sp³-hybridized carbons (Fsp3) is 0.429. The molecule has 6 heteroatoms. The molecule has 2 rings (SSSR count). The molecule has 0 aliphatic carbocycles. The molecule has 1 fully saturated rings. The molecule has 1 aliphatic rings. The monoisotopic (exact) mass is 355 g/mol. The highest BCUT2D eigenvalue weighted by molar-refractivity contribution is 9.10. The summed E-state index contributed by atoms with van der Waals surface area (Å²) >= 11 is 8.40. The molecule has 2 amide bonds. The average molecular weight is 356 g/mol. The summed E-state index contributed by atoms with van der Waals surface area (Å²) in [5.74, 6) is 0.693. The maximum atomic E-state index is 12.3. The molecule has 1 aromatic carbocycles. The van der Waals surface area contributed by atoms with Crippen LogP contribution >= 0.6 is 28.1 Å². The number of hydrogen-bond acceptors (Lipinski definition) is 2. The van der Waals surface area contributed by atoms with Gasteiger partial charge in [-0.05, 0) is 37.0 Å². The van der Waals surface area contributed by atoms with Crippen LogP contribution in [-0.2, 0) is 0 Å². The molecule has 0 bridgehead atoms. The Labute approximate surface area is 132 Å². The van der Waals surface area contributed by atoms with E-state index in [1.807, 2.05) is 23.1 Å². The normalized spacial score (nSPS) is 16.0. The lowest BCUT2D eigenvalue weighted by Crippen LogP contribution is -2.40. The molecule has 1 saturated heterocycles. The van der Waals surface area contributed by atoms with Crippen LogP contribution in [0, 0.1) is 5.92 Å². The van der Waals surface area contributed by atoms with E-state index in [9.17, 15) is 4.79 Å². The van der Waals surface area contributed by atoms with Crippen LogP contribution < -0.4 is 11.1 Å². The Balaban J connectivity index is 2.10. The van der Waals surface area contributed by atoms with E-state index < -0.39 is 0 Å². The van der Waals surface area contributed by atoms with Crippen molar-refractivity contribution < 1.29 is 4.79 Å². The number of piperidine rings is 1. The molecule has 1 aliphatic heterocycles. The van der Waals surface area contributed by atoms with Gasteiger partial charge in [-0.15, -0.1) is 0 Å². The van der Waals surface area contributed by atoms with Gasteiger partial charge in [-0.2, -0.15) is 0 Å². The standard InChI is InChI=1S/C14H18BrN3OS/c1-9-4-6-18(7-5-9)14(19)17-12-3-2-10(15)8-11(12)13(16)20/h2-3,8-9H,4-7H2,1H3,(H2,16,20)(H,17,19). The Kier molecular flexibility index (Phi) is 4.99. The van der Waals surface area contributed by atoms with Crippen LogP contribution in [0.5, 0.6) is 0 Å². The second-order valence-electron chi connectivity index (χ2n) is 5.15. The highest BCUT2D eigenvalue weighted by atomic mass is 79.9. The third-order valence-corrected chi connectivity index (χ3v) is 4.27. The van der Waals surface area contributed by atoms with E-state index in [1.54, 1.807) is 0 Å². The van der Waals surface area contributed by atoms with Gasteiger partial charge in [-0.3, -0.25) is 0 Å². The maximum absolute atomic E-state index is 12.3. The number of likely N-dealkylation sites (tertiary alicyclic amines) is 1. The summed E-state index contributed by atoms with van der Waals surface area (Å²) in [6.07, 6.45) is 2.10. The smallest absolute Gasteiger partial charge is 0.321 e. The van der Waals surface area contributed by atoms with Crippen LogP contribution in [-0.4, -0.2) is 29.0 Å². The molecule has 0 radical (unpaired) electrons. The number of carbonyl (C=O) groups is 1. The van der Waals surface area contributed by atoms with Gasteiger partial charge in [0.2, 0.25) is 0 Å². The van der Waals surface area contributed by atoms with Crippen molar-refractivity contribution in [2.45, 2.75) is 19.8 Å². The van der Waals surface area contributed by atoms with Gasteiger partial charge < -0.3 is 16.0 Å². The minimum absolute atomic E-state index is 0.0864. The second-order valence-corrected chi connectivity index (χ2v) is 6.51. The third kappa shape index (κ3) is 3.70. The van der Waals surface area contributed by atoms with E-state index in [1.165, 1.54) is 0 Å². The lowest BCUT2D eigenvalue weighted by atomic mass is 10.00.